The fourth-order valence-electron chi connectivity index (χ4n) is 3.07. The van der Waals surface area contributed by atoms with Gasteiger partial charge >= 0.3 is 5.97 Å². The van der Waals surface area contributed by atoms with Gasteiger partial charge in [-0.3, -0.25) is 9.69 Å². The van der Waals surface area contributed by atoms with Crippen molar-refractivity contribution in [2.45, 2.75) is 13.8 Å². The number of anilines is 1. The number of methoxy groups -OCH3 is 1. The molecule has 3 rings (SSSR count). The number of rotatable bonds is 5. The number of benzene rings is 2. The number of hydrogen-bond acceptors (Lipinski definition) is 4. The molecule has 0 saturated carbocycles. The Balaban J connectivity index is 2.05. The number of hydrogen-bond donors (Lipinski definition) is 0. The van der Waals surface area contributed by atoms with Crippen molar-refractivity contribution in [3.63, 3.8) is 0 Å². The largest absolute Gasteiger partial charge is 0.494 e. The normalized spacial score (nSPS) is 15.4. The molecule has 2 aromatic rings. The van der Waals surface area contributed by atoms with Crippen LogP contribution >= 0.6 is 15.9 Å². The van der Waals surface area contributed by atoms with E-state index in [1.54, 1.807) is 13.0 Å². The predicted molar refractivity (Wildman–Crippen MR) is 112 cm³/mol. The van der Waals surface area contributed by atoms with Crippen LogP contribution in [0.4, 0.5) is 5.69 Å². The second-order valence-corrected chi connectivity index (χ2v) is 7.04. The Labute approximate surface area is 172 Å². The van der Waals surface area contributed by atoms with E-state index in [9.17, 15) is 9.59 Å². The van der Waals surface area contributed by atoms with E-state index in [4.69, 9.17) is 9.47 Å². The summed E-state index contributed by atoms with van der Waals surface area (Å²) in [6.07, 6.45) is 1.70. The van der Waals surface area contributed by atoms with E-state index in [0.29, 0.717) is 23.6 Å². The highest BCUT2D eigenvalue weighted by Gasteiger charge is 2.37. The molecule has 2 aromatic carbocycles. The van der Waals surface area contributed by atoms with Gasteiger partial charge in [0.05, 0.1) is 24.9 Å². The van der Waals surface area contributed by atoms with Gasteiger partial charge in [-0.15, -0.1) is 0 Å². The van der Waals surface area contributed by atoms with E-state index >= 15 is 0 Å². The van der Waals surface area contributed by atoms with Crippen molar-refractivity contribution in [1.82, 2.24) is 0 Å². The Bertz CT molecular complexity index is 959. The smallest absolute Gasteiger partial charge is 0.340 e. The molecule has 6 heteroatoms. The van der Waals surface area contributed by atoms with E-state index in [1.165, 1.54) is 12.0 Å². The van der Waals surface area contributed by atoms with Crippen molar-refractivity contribution < 1.29 is 19.1 Å². The maximum absolute atomic E-state index is 13.2. The van der Waals surface area contributed by atoms with Crippen LogP contribution in [0, 0.1) is 0 Å². The van der Waals surface area contributed by atoms with Crippen molar-refractivity contribution in [2.24, 2.45) is 0 Å². The molecule has 144 valence electrons. The van der Waals surface area contributed by atoms with Gasteiger partial charge in [0.15, 0.2) is 0 Å². The van der Waals surface area contributed by atoms with Gasteiger partial charge < -0.3 is 9.47 Å². The van der Waals surface area contributed by atoms with Gasteiger partial charge in [-0.25, -0.2) is 4.79 Å². The molecule has 1 heterocycles. The summed E-state index contributed by atoms with van der Waals surface area (Å²) in [6, 6.07) is 14.7. The zero-order valence-corrected chi connectivity index (χ0v) is 17.4. The van der Waals surface area contributed by atoms with Crippen molar-refractivity contribution >= 4 is 39.6 Å². The van der Waals surface area contributed by atoms with Crippen LogP contribution in [-0.4, -0.2) is 25.6 Å². The third-order valence-electron chi connectivity index (χ3n) is 4.38. The first-order valence-corrected chi connectivity index (χ1v) is 9.59. The molecular weight excluding hydrogens is 422 g/mol. The van der Waals surface area contributed by atoms with E-state index in [1.807, 2.05) is 55.5 Å². The second-order valence-electron chi connectivity index (χ2n) is 6.13. The van der Waals surface area contributed by atoms with Crippen molar-refractivity contribution in [3.8, 4) is 5.75 Å². The number of allylic oxidation sites excluding steroid dienone is 1. The van der Waals surface area contributed by atoms with E-state index in [0.717, 1.165) is 15.8 Å². The molecule has 1 aliphatic heterocycles. The minimum Gasteiger partial charge on any atom is -0.494 e. The number of carbonyl (C=O) groups excluding carboxylic acids is 2. The van der Waals surface area contributed by atoms with Crippen LogP contribution in [0.1, 0.15) is 19.4 Å². The summed E-state index contributed by atoms with van der Waals surface area (Å²) in [6.45, 7) is 4.24. The monoisotopic (exact) mass is 441 g/mol. The van der Waals surface area contributed by atoms with Crippen molar-refractivity contribution in [1.29, 1.82) is 0 Å². The standard InChI is InChI=1S/C22H20BrNO4/c1-4-28-18-11-5-15(6-12-18)13-19-20(22(26)27-3)14(2)24(21(19)25)17-9-7-16(23)8-10-17/h5-13H,4H2,1-3H3/b19-13-. The van der Waals surface area contributed by atoms with E-state index in [-0.39, 0.29) is 11.5 Å². The van der Waals surface area contributed by atoms with Crippen molar-refractivity contribution in [2.75, 3.05) is 18.6 Å². The predicted octanol–water partition coefficient (Wildman–Crippen LogP) is 4.73. The highest BCUT2D eigenvalue weighted by atomic mass is 79.9. The zero-order valence-electron chi connectivity index (χ0n) is 15.9. The Morgan fingerprint density at radius 1 is 1.11 bits per heavy atom. The summed E-state index contributed by atoms with van der Waals surface area (Å²) in [5, 5.41) is 0. The Morgan fingerprint density at radius 3 is 2.32 bits per heavy atom. The molecule has 0 aliphatic carbocycles. The van der Waals surface area contributed by atoms with Crippen LogP contribution < -0.4 is 9.64 Å². The number of carbonyl (C=O) groups is 2. The summed E-state index contributed by atoms with van der Waals surface area (Å²) >= 11 is 3.39. The summed E-state index contributed by atoms with van der Waals surface area (Å²) in [4.78, 5) is 27.1. The first-order valence-electron chi connectivity index (χ1n) is 8.80. The lowest BCUT2D eigenvalue weighted by Gasteiger charge is -2.18. The second kappa shape index (κ2) is 8.44. The molecule has 0 radical (unpaired) electrons. The molecule has 0 aromatic heterocycles. The van der Waals surface area contributed by atoms with Gasteiger partial charge in [-0.05, 0) is 61.9 Å². The molecule has 0 bridgehead atoms. The third-order valence-corrected chi connectivity index (χ3v) is 4.91. The number of amides is 1. The maximum Gasteiger partial charge on any atom is 0.340 e. The highest BCUT2D eigenvalue weighted by Crippen LogP contribution is 2.35. The average molecular weight is 442 g/mol. The Hall–Kier alpha value is -2.86. The zero-order chi connectivity index (χ0) is 20.3. The maximum atomic E-state index is 13.2. The fourth-order valence-corrected chi connectivity index (χ4v) is 3.34. The Morgan fingerprint density at radius 2 is 1.75 bits per heavy atom. The molecule has 0 atom stereocenters. The van der Waals surface area contributed by atoms with Crippen LogP contribution in [0.3, 0.4) is 0 Å². The molecule has 0 saturated heterocycles. The lowest BCUT2D eigenvalue weighted by atomic mass is 10.0. The molecule has 1 amide bonds. The van der Waals surface area contributed by atoms with Gasteiger partial charge in [0, 0.05) is 15.9 Å². The summed E-state index contributed by atoms with van der Waals surface area (Å²) in [5.74, 6) is -0.0597. The topological polar surface area (TPSA) is 55.8 Å². The fraction of sp³-hybridized carbons (Fsp3) is 0.182. The number of halogens is 1. The number of nitrogens with zero attached hydrogens (tertiary/aromatic N) is 1. The van der Waals surface area contributed by atoms with Gasteiger partial charge in [0.2, 0.25) is 0 Å². The van der Waals surface area contributed by atoms with Crippen LogP contribution in [-0.2, 0) is 14.3 Å². The van der Waals surface area contributed by atoms with Gasteiger partial charge in [0.25, 0.3) is 5.91 Å². The van der Waals surface area contributed by atoms with Crippen LogP contribution in [0.15, 0.2) is 69.8 Å². The summed E-state index contributed by atoms with van der Waals surface area (Å²) < 4.78 is 11.3. The Kier molecular flexibility index (Phi) is 5.99. The number of esters is 1. The molecular formula is C22H20BrNO4. The molecule has 1 aliphatic rings. The van der Waals surface area contributed by atoms with E-state index < -0.39 is 5.97 Å². The first kappa shape index (κ1) is 19.9. The van der Waals surface area contributed by atoms with Gasteiger partial charge in [0.1, 0.15) is 5.75 Å². The van der Waals surface area contributed by atoms with Gasteiger partial charge in [-0.1, -0.05) is 28.1 Å². The molecule has 0 spiro atoms. The van der Waals surface area contributed by atoms with Gasteiger partial charge in [-0.2, -0.15) is 0 Å². The van der Waals surface area contributed by atoms with Crippen molar-refractivity contribution in [3.05, 3.63) is 75.4 Å². The molecule has 5 nitrogen and oxygen atoms in total. The quantitative estimate of drug-likeness (QED) is 0.497. The van der Waals surface area contributed by atoms with Crippen LogP contribution in [0.5, 0.6) is 5.75 Å². The summed E-state index contributed by atoms with van der Waals surface area (Å²) in [5.41, 5.74) is 2.58. The lowest BCUT2D eigenvalue weighted by Crippen LogP contribution is -2.24. The minimum atomic E-state index is -0.539. The van der Waals surface area contributed by atoms with Crippen LogP contribution in [0.25, 0.3) is 6.08 Å². The number of ether oxygens (including phenoxy) is 2. The first-order chi connectivity index (χ1) is 13.5. The van der Waals surface area contributed by atoms with Crippen LogP contribution in [0.2, 0.25) is 0 Å². The molecule has 0 N–H and O–H groups in total. The third kappa shape index (κ3) is 3.87. The average Bonchev–Trinajstić information content (AvgIpc) is 2.94. The molecule has 0 fully saturated rings. The lowest BCUT2D eigenvalue weighted by molar-refractivity contribution is -0.136. The summed E-state index contributed by atoms with van der Waals surface area (Å²) in [7, 11) is 1.31. The highest BCUT2D eigenvalue weighted by molar-refractivity contribution is 9.10. The molecule has 0 unspecified atom stereocenters. The minimum absolute atomic E-state index is 0.268. The van der Waals surface area contributed by atoms with E-state index in [2.05, 4.69) is 15.9 Å². The molecule has 28 heavy (non-hydrogen) atoms. The SMILES string of the molecule is CCOc1ccc(/C=C2\C(=O)N(c3ccc(Br)cc3)C(C)=C2C(=O)OC)cc1.